The van der Waals surface area contributed by atoms with Gasteiger partial charge in [0.05, 0.1) is 18.5 Å². The summed E-state index contributed by atoms with van der Waals surface area (Å²) >= 11 is 1.45. The summed E-state index contributed by atoms with van der Waals surface area (Å²) < 4.78 is 6.81. The van der Waals surface area contributed by atoms with Gasteiger partial charge in [0.25, 0.3) is 0 Å². The molecule has 2 aromatic heterocycles. The molecule has 0 amide bonds. The lowest BCUT2D eigenvalue weighted by atomic mass is 9.90. The second kappa shape index (κ2) is 5.62. The zero-order valence-electron chi connectivity index (χ0n) is 12.0. The fourth-order valence-corrected chi connectivity index (χ4v) is 2.53. The summed E-state index contributed by atoms with van der Waals surface area (Å²) in [5.41, 5.74) is -0.0514. The van der Waals surface area contributed by atoms with Gasteiger partial charge in [-0.05, 0) is 20.8 Å². The predicted octanol–water partition coefficient (Wildman–Crippen LogP) is 2.46. The van der Waals surface area contributed by atoms with E-state index in [0.717, 1.165) is 10.9 Å². The zero-order valence-corrected chi connectivity index (χ0v) is 12.8. The van der Waals surface area contributed by atoms with Crippen LogP contribution < -0.4 is 5.32 Å². The normalized spacial score (nSPS) is 11.4. The number of aryl methyl sites for hydroxylation is 1. The van der Waals surface area contributed by atoms with Crippen LogP contribution in [-0.4, -0.2) is 27.3 Å². The van der Waals surface area contributed by atoms with E-state index < -0.39 is 5.41 Å². The van der Waals surface area contributed by atoms with Crippen LogP contribution in [0.25, 0.3) is 0 Å². The van der Waals surface area contributed by atoms with Crippen LogP contribution in [-0.2, 0) is 22.0 Å². The fraction of sp³-hybridized carbons (Fsp3) is 0.462. The Morgan fingerprint density at radius 3 is 2.90 bits per heavy atom. The van der Waals surface area contributed by atoms with Crippen LogP contribution in [0.4, 0.5) is 10.9 Å². The fourth-order valence-electron chi connectivity index (χ4n) is 1.64. The molecule has 7 heteroatoms. The summed E-state index contributed by atoms with van der Waals surface area (Å²) in [6.45, 7) is 5.79. The Balaban J connectivity index is 2.16. The summed E-state index contributed by atoms with van der Waals surface area (Å²) in [7, 11) is 1.85. The topological polar surface area (TPSA) is 69.0 Å². The third-order valence-electron chi connectivity index (χ3n) is 2.99. The van der Waals surface area contributed by atoms with E-state index in [-0.39, 0.29) is 5.97 Å². The van der Waals surface area contributed by atoms with Crippen LogP contribution in [0.5, 0.6) is 0 Å². The summed E-state index contributed by atoms with van der Waals surface area (Å²) in [6.07, 6.45) is 1.71. The molecule has 0 aliphatic rings. The molecule has 0 fully saturated rings. The molecule has 2 aromatic rings. The second-order valence-electron chi connectivity index (χ2n) is 4.85. The number of hydrogen-bond acceptors (Lipinski definition) is 6. The molecule has 0 saturated heterocycles. The minimum absolute atomic E-state index is 0.266. The number of hydrogen-bond donors (Lipinski definition) is 1. The van der Waals surface area contributed by atoms with Crippen LogP contribution in [0.2, 0.25) is 0 Å². The molecular weight excluding hydrogens is 276 g/mol. The lowest BCUT2D eigenvalue weighted by Gasteiger charge is -2.19. The van der Waals surface area contributed by atoms with Crippen molar-refractivity contribution in [3.05, 3.63) is 23.3 Å². The molecule has 2 rings (SSSR count). The second-order valence-corrected chi connectivity index (χ2v) is 5.71. The molecule has 6 nitrogen and oxygen atoms in total. The van der Waals surface area contributed by atoms with E-state index in [1.54, 1.807) is 17.8 Å². The molecule has 0 radical (unpaired) electrons. The van der Waals surface area contributed by atoms with Gasteiger partial charge in [-0.25, -0.2) is 4.98 Å². The molecule has 0 saturated carbocycles. The van der Waals surface area contributed by atoms with E-state index in [2.05, 4.69) is 15.4 Å². The van der Waals surface area contributed by atoms with E-state index in [4.69, 9.17) is 4.74 Å². The largest absolute Gasteiger partial charge is 0.465 e. The maximum absolute atomic E-state index is 12.0. The number of rotatable bonds is 5. The van der Waals surface area contributed by atoms with Crippen molar-refractivity contribution in [1.29, 1.82) is 0 Å². The first-order valence-corrected chi connectivity index (χ1v) is 7.21. The maximum Gasteiger partial charge on any atom is 0.317 e. The Labute approximate surface area is 121 Å². The number of thiazole rings is 1. The van der Waals surface area contributed by atoms with Crippen molar-refractivity contribution in [2.75, 3.05) is 11.9 Å². The Morgan fingerprint density at radius 1 is 1.55 bits per heavy atom. The van der Waals surface area contributed by atoms with Crippen LogP contribution in [0.15, 0.2) is 17.6 Å². The Kier molecular flexibility index (Phi) is 4.08. The van der Waals surface area contributed by atoms with Crippen LogP contribution >= 0.6 is 11.3 Å². The molecule has 0 aliphatic carbocycles. The van der Waals surface area contributed by atoms with Crippen molar-refractivity contribution in [2.24, 2.45) is 7.05 Å². The van der Waals surface area contributed by atoms with Crippen molar-refractivity contribution in [2.45, 2.75) is 26.2 Å². The summed E-state index contributed by atoms with van der Waals surface area (Å²) in [4.78, 5) is 16.4. The number of nitrogens with one attached hydrogen (secondary N) is 1. The number of carbonyl (C=O) groups excluding carboxylic acids is 1. The average molecular weight is 294 g/mol. The first-order chi connectivity index (χ1) is 9.45. The van der Waals surface area contributed by atoms with Crippen LogP contribution in [0.3, 0.4) is 0 Å². The van der Waals surface area contributed by atoms with Crippen molar-refractivity contribution < 1.29 is 9.53 Å². The molecule has 2 heterocycles. The minimum atomic E-state index is -0.751. The maximum atomic E-state index is 12.0. The highest BCUT2D eigenvalue weighted by Crippen LogP contribution is 2.29. The quantitative estimate of drug-likeness (QED) is 0.858. The van der Waals surface area contributed by atoms with Crippen LogP contribution in [0.1, 0.15) is 26.5 Å². The van der Waals surface area contributed by atoms with E-state index in [1.807, 2.05) is 32.3 Å². The number of ether oxygens (including phenoxy) is 1. The van der Waals surface area contributed by atoms with Crippen molar-refractivity contribution in [1.82, 2.24) is 14.8 Å². The highest BCUT2D eigenvalue weighted by molar-refractivity contribution is 7.13. The SMILES string of the molecule is CCOC(=O)C(C)(C)c1csc(Nc2ccnn2C)n1. The van der Waals surface area contributed by atoms with E-state index in [0.29, 0.717) is 12.3 Å². The zero-order chi connectivity index (χ0) is 14.8. The summed E-state index contributed by atoms with van der Waals surface area (Å²) in [5, 5.41) is 9.84. The van der Waals surface area contributed by atoms with Gasteiger partial charge in [0.1, 0.15) is 11.2 Å². The number of carbonyl (C=O) groups is 1. The van der Waals surface area contributed by atoms with Gasteiger partial charge in [0, 0.05) is 18.5 Å². The lowest BCUT2D eigenvalue weighted by Crippen LogP contribution is -2.31. The van der Waals surface area contributed by atoms with Gasteiger partial charge in [-0.2, -0.15) is 5.10 Å². The molecule has 0 aliphatic heterocycles. The van der Waals surface area contributed by atoms with Gasteiger partial charge in [0.2, 0.25) is 0 Å². The van der Waals surface area contributed by atoms with Gasteiger partial charge < -0.3 is 10.1 Å². The Hall–Kier alpha value is -1.89. The minimum Gasteiger partial charge on any atom is -0.465 e. The lowest BCUT2D eigenvalue weighted by molar-refractivity contribution is -0.148. The number of nitrogens with zero attached hydrogens (tertiary/aromatic N) is 3. The molecule has 0 unspecified atom stereocenters. The van der Waals surface area contributed by atoms with Crippen molar-refractivity contribution in [3.63, 3.8) is 0 Å². The van der Waals surface area contributed by atoms with Crippen molar-refractivity contribution in [3.8, 4) is 0 Å². The Bertz CT molecular complexity index is 603. The first kappa shape index (κ1) is 14.5. The van der Waals surface area contributed by atoms with E-state index in [1.165, 1.54) is 11.3 Å². The molecule has 20 heavy (non-hydrogen) atoms. The first-order valence-electron chi connectivity index (χ1n) is 6.33. The number of anilines is 2. The third kappa shape index (κ3) is 2.82. The standard InChI is InChI=1S/C13H18N4O2S/c1-5-19-11(18)13(2,3)9-8-20-12(15-9)16-10-6-7-14-17(10)4/h6-8H,5H2,1-4H3,(H,15,16). The summed E-state index contributed by atoms with van der Waals surface area (Å²) in [6, 6.07) is 1.86. The molecule has 0 bridgehead atoms. The molecule has 1 N–H and O–H groups in total. The van der Waals surface area contributed by atoms with Crippen LogP contribution in [0, 0.1) is 0 Å². The van der Waals surface area contributed by atoms with Gasteiger partial charge in [-0.3, -0.25) is 9.48 Å². The average Bonchev–Trinajstić information content (AvgIpc) is 3.01. The molecular formula is C13H18N4O2S. The third-order valence-corrected chi connectivity index (χ3v) is 3.74. The van der Waals surface area contributed by atoms with Gasteiger partial charge in [-0.15, -0.1) is 11.3 Å². The highest BCUT2D eigenvalue weighted by Gasteiger charge is 2.33. The molecule has 0 spiro atoms. The molecule has 0 aromatic carbocycles. The molecule has 0 atom stereocenters. The van der Waals surface area contributed by atoms with E-state index in [9.17, 15) is 4.79 Å². The highest BCUT2D eigenvalue weighted by atomic mass is 32.1. The number of esters is 1. The van der Waals surface area contributed by atoms with Gasteiger partial charge in [-0.1, -0.05) is 0 Å². The monoisotopic (exact) mass is 294 g/mol. The predicted molar refractivity (Wildman–Crippen MR) is 78.3 cm³/mol. The van der Waals surface area contributed by atoms with E-state index >= 15 is 0 Å². The molecule has 108 valence electrons. The summed E-state index contributed by atoms with van der Waals surface area (Å²) in [5.74, 6) is 0.581. The van der Waals surface area contributed by atoms with Gasteiger partial charge in [0.15, 0.2) is 5.13 Å². The number of aromatic nitrogens is 3. The Morgan fingerprint density at radius 2 is 2.30 bits per heavy atom. The van der Waals surface area contributed by atoms with Gasteiger partial charge >= 0.3 is 5.97 Å². The smallest absolute Gasteiger partial charge is 0.317 e. The van der Waals surface area contributed by atoms with Crippen molar-refractivity contribution >= 4 is 28.3 Å².